The predicted molar refractivity (Wildman–Crippen MR) is 116 cm³/mol. The summed E-state index contributed by atoms with van der Waals surface area (Å²) >= 11 is 1.68. The summed E-state index contributed by atoms with van der Waals surface area (Å²) in [5.74, 6) is -0.0721. The summed E-state index contributed by atoms with van der Waals surface area (Å²) < 4.78 is 13.3. The van der Waals surface area contributed by atoms with Gasteiger partial charge in [-0.2, -0.15) is 0 Å². The number of halogens is 1. The quantitative estimate of drug-likeness (QED) is 0.600. The van der Waals surface area contributed by atoms with Gasteiger partial charge in [0.05, 0.1) is 6.54 Å². The molecule has 0 unspecified atom stereocenters. The minimum atomic E-state index is -0.285. The molecule has 2 saturated carbocycles. The number of amides is 2. The average Bonchev–Trinajstić information content (AvgIpc) is 3.25. The predicted octanol–water partition coefficient (Wildman–Crippen LogP) is 4.91. The van der Waals surface area contributed by atoms with Gasteiger partial charge in [0, 0.05) is 28.3 Å². The van der Waals surface area contributed by atoms with Crippen molar-refractivity contribution in [3.63, 3.8) is 0 Å². The van der Waals surface area contributed by atoms with Gasteiger partial charge in [0.1, 0.15) is 12.4 Å². The van der Waals surface area contributed by atoms with E-state index in [0.29, 0.717) is 13.1 Å². The fraction of sp³-hybridized carbons (Fsp3) is 0.500. The minimum Gasteiger partial charge on any atom is -0.332 e. The summed E-state index contributed by atoms with van der Waals surface area (Å²) in [5.41, 5.74) is 0.887. The van der Waals surface area contributed by atoms with Crippen molar-refractivity contribution in [3.05, 3.63) is 57.5 Å². The lowest BCUT2D eigenvalue weighted by atomic mass is 10.1. The van der Waals surface area contributed by atoms with Crippen molar-refractivity contribution in [1.29, 1.82) is 0 Å². The molecule has 30 heavy (non-hydrogen) atoms. The normalized spacial score (nSPS) is 16.6. The molecule has 6 heteroatoms. The van der Waals surface area contributed by atoms with Gasteiger partial charge in [0.25, 0.3) is 0 Å². The van der Waals surface area contributed by atoms with Gasteiger partial charge in [0.15, 0.2) is 0 Å². The third-order valence-electron chi connectivity index (χ3n) is 6.06. The molecule has 0 spiro atoms. The summed E-state index contributed by atoms with van der Waals surface area (Å²) in [6.07, 6.45) is 6.10. The molecule has 1 aromatic heterocycles. The topological polar surface area (TPSA) is 40.6 Å². The van der Waals surface area contributed by atoms with Crippen LogP contribution in [0, 0.1) is 18.7 Å². The zero-order valence-electron chi connectivity index (χ0n) is 17.5. The van der Waals surface area contributed by atoms with Crippen LogP contribution >= 0.6 is 11.3 Å². The Morgan fingerprint density at radius 2 is 1.70 bits per heavy atom. The molecule has 2 aliphatic rings. The average molecular weight is 429 g/mol. The monoisotopic (exact) mass is 428 g/mol. The van der Waals surface area contributed by atoms with E-state index in [-0.39, 0.29) is 36.1 Å². The van der Waals surface area contributed by atoms with Crippen LogP contribution in [0.15, 0.2) is 36.4 Å². The van der Waals surface area contributed by atoms with E-state index in [1.165, 1.54) is 17.0 Å². The van der Waals surface area contributed by atoms with Gasteiger partial charge in [-0.1, -0.05) is 25.0 Å². The van der Waals surface area contributed by atoms with E-state index in [4.69, 9.17) is 0 Å². The van der Waals surface area contributed by atoms with Gasteiger partial charge in [-0.15, -0.1) is 11.3 Å². The van der Waals surface area contributed by atoms with Crippen LogP contribution in [0.5, 0.6) is 0 Å². The molecule has 1 aromatic carbocycles. The van der Waals surface area contributed by atoms with Gasteiger partial charge >= 0.3 is 0 Å². The lowest BCUT2D eigenvalue weighted by molar-refractivity contribution is -0.144. The van der Waals surface area contributed by atoms with Crippen molar-refractivity contribution in [3.8, 4) is 0 Å². The number of benzene rings is 1. The number of rotatable bonds is 8. The Labute approximate surface area is 181 Å². The number of hydrogen-bond donors (Lipinski definition) is 0. The Bertz CT molecular complexity index is 885. The largest absolute Gasteiger partial charge is 0.332 e. The highest BCUT2D eigenvalue weighted by Crippen LogP contribution is 2.33. The fourth-order valence-corrected chi connectivity index (χ4v) is 5.13. The summed E-state index contributed by atoms with van der Waals surface area (Å²) in [5, 5.41) is 0. The first-order chi connectivity index (χ1) is 14.5. The van der Waals surface area contributed by atoms with E-state index in [0.717, 1.165) is 49.0 Å². The molecule has 0 saturated heterocycles. The Kier molecular flexibility index (Phi) is 6.52. The highest BCUT2D eigenvalue weighted by molar-refractivity contribution is 7.11. The van der Waals surface area contributed by atoms with Crippen LogP contribution in [-0.4, -0.2) is 34.2 Å². The lowest BCUT2D eigenvalue weighted by Crippen LogP contribution is -2.45. The Morgan fingerprint density at radius 1 is 1.00 bits per heavy atom. The van der Waals surface area contributed by atoms with Gasteiger partial charge in [-0.05, 0) is 62.4 Å². The van der Waals surface area contributed by atoms with E-state index in [9.17, 15) is 14.0 Å². The standard InChI is InChI=1S/C24H29FN2O2S/c1-17-6-13-22(30-17)15-26(14-18-7-9-20(25)10-8-18)23(28)16-27(21-11-12-21)24(29)19-4-2-3-5-19/h6-10,13,19,21H,2-5,11-12,14-16H2,1H3. The van der Waals surface area contributed by atoms with Crippen LogP contribution in [0.4, 0.5) is 4.39 Å². The highest BCUT2D eigenvalue weighted by atomic mass is 32.1. The van der Waals surface area contributed by atoms with Crippen molar-refractivity contribution in [2.75, 3.05) is 6.54 Å². The third-order valence-corrected chi connectivity index (χ3v) is 7.05. The number of nitrogens with zero attached hydrogens (tertiary/aromatic N) is 2. The van der Waals surface area contributed by atoms with Crippen molar-refractivity contribution in [1.82, 2.24) is 9.80 Å². The summed E-state index contributed by atoms with van der Waals surface area (Å²) in [6, 6.07) is 10.6. The fourth-order valence-electron chi connectivity index (χ4n) is 4.23. The highest BCUT2D eigenvalue weighted by Gasteiger charge is 2.38. The molecule has 2 amide bonds. The van der Waals surface area contributed by atoms with Crippen molar-refractivity contribution >= 4 is 23.2 Å². The first-order valence-corrected chi connectivity index (χ1v) is 11.7. The molecule has 0 radical (unpaired) electrons. The van der Waals surface area contributed by atoms with E-state index < -0.39 is 0 Å². The molecule has 0 aliphatic heterocycles. The summed E-state index contributed by atoms with van der Waals surface area (Å²) in [7, 11) is 0. The number of thiophene rings is 1. The maximum Gasteiger partial charge on any atom is 0.242 e. The molecule has 0 N–H and O–H groups in total. The van der Waals surface area contributed by atoms with Crippen LogP contribution < -0.4 is 0 Å². The maximum atomic E-state index is 13.4. The third kappa shape index (κ3) is 5.28. The van der Waals surface area contributed by atoms with Crippen LogP contribution in [-0.2, 0) is 22.7 Å². The molecule has 1 heterocycles. The second kappa shape index (κ2) is 9.29. The van der Waals surface area contributed by atoms with Crippen molar-refractivity contribution in [2.24, 2.45) is 5.92 Å². The lowest BCUT2D eigenvalue weighted by Gasteiger charge is -2.29. The second-order valence-corrected chi connectivity index (χ2v) is 9.94. The molecular weight excluding hydrogens is 399 g/mol. The van der Waals surface area contributed by atoms with Crippen LogP contribution in [0.25, 0.3) is 0 Å². The Hall–Kier alpha value is -2.21. The van der Waals surface area contributed by atoms with Crippen LogP contribution in [0.3, 0.4) is 0 Å². The molecule has 160 valence electrons. The molecule has 0 bridgehead atoms. The summed E-state index contributed by atoms with van der Waals surface area (Å²) in [6.45, 7) is 3.11. The SMILES string of the molecule is Cc1ccc(CN(Cc2ccc(F)cc2)C(=O)CN(C(=O)C2CCCC2)C2CC2)s1. The van der Waals surface area contributed by atoms with Gasteiger partial charge in [0.2, 0.25) is 11.8 Å². The van der Waals surface area contributed by atoms with Gasteiger partial charge in [-0.25, -0.2) is 4.39 Å². The zero-order valence-corrected chi connectivity index (χ0v) is 18.3. The molecule has 4 nitrogen and oxygen atoms in total. The maximum absolute atomic E-state index is 13.4. The van der Waals surface area contributed by atoms with E-state index in [2.05, 4.69) is 13.0 Å². The van der Waals surface area contributed by atoms with E-state index >= 15 is 0 Å². The first kappa shape index (κ1) is 21.0. The van der Waals surface area contributed by atoms with Gasteiger partial charge < -0.3 is 9.80 Å². The smallest absolute Gasteiger partial charge is 0.242 e. The molecular formula is C24H29FN2O2S. The van der Waals surface area contributed by atoms with E-state index in [1.807, 2.05) is 11.0 Å². The molecule has 4 rings (SSSR count). The zero-order chi connectivity index (χ0) is 21.1. The number of carbonyl (C=O) groups excluding carboxylic acids is 2. The van der Waals surface area contributed by atoms with Crippen LogP contribution in [0.1, 0.15) is 53.8 Å². The second-order valence-electron chi connectivity index (χ2n) is 8.57. The molecule has 2 aliphatic carbocycles. The number of hydrogen-bond acceptors (Lipinski definition) is 3. The van der Waals surface area contributed by atoms with Crippen LogP contribution in [0.2, 0.25) is 0 Å². The van der Waals surface area contributed by atoms with Gasteiger partial charge in [-0.3, -0.25) is 9.59 Å². The Balaban J connectivity index is 1.49. The number of aryl methyl sites for hydroxylation is 1. The molecule has 2 fully saturated rings. The number of carbonyl (C=O) groups is 2. The van der Waals surface area contributed by atoms with Crippen molar-refractivity contribution in [2.45, 2.75) is 64.6 Å². The minimum absolute atomic E-state index is 0.0383. The van der Waals surface area contributed by atoms with E-state index in [1.54, 1.807) is 28.4 Å². The molecule has 0 atom stereocenters. The first-order valence-electron chi connectivity index (χ1n) is 10.9. The Morgan fingerprint density at radius 3 is 2.30 bits per heavy atom. The van der Waals surface area contributed by atoms with Crippen molar-refractivity contribution < 1.29 is 14.0 Å². The summed E-state index contributed by atoms with van der Waals surface area (Å²) in [4.78, 5) is 32.4. The molecule has 2 aromatic rings.